The van der Waals surface area contributed by atoms with E-state index < -0.39 is 0 Å². The highest BCUT2D eigenvalue weighted by molar-refractivity contribution is 5.36. The van der Waals surface area contributed by atoms with Gasteiger partial charge in [-0.15, -0.1) is 0 Å². The molecule has 1 N–H and O–H groups in total. The van der Waals surface area contributed by atoms with Crippen molar-refractivity contribution in [2.45, 2.75) is 33.1 Å². The van der Waals surface area contributed by atoms with Gasteiger partial charge in [0.2, 0.25) is 5.88 Å². The lowest BCUT2D eigenvalue weighted by Crippen LogP contribution is -2.33. The lowest BCUT2D eigenvalue weighted by atomic mass is 9.93. The topological polar surface area (TPSA) is 50.3 Å². The second kappa shape index (κ2) is 8.04. The average molecular weight is 278 g/mol. The number of ether oxygens (including phenoxy) is 1. The molecule has 0 radical (unpaired) electrons. The van der Waals surface area contributed by atoms with Crippen LogP contribution in [0.2, 0.25) is 0 Å². The number of piperidine rings is 1. The van der Waals surface area contributed by atoms with E-state index in [1.807, 2.05) is 13.0 Å². The molecule has 5 nitrogen and oxygen atoms in total. The van der Waals surface area contributed by atoms with E-state index in [9.17, 15) is 0 Å². The summed E-state index contributed by atoms with van der Waals surface area (Å²) in [5.74, 6) is 2.34. The third kappa shape index (κ3) is 4.63. The van der Waals surface area contributed by atoms with Crippen LogP contribution in [0.1, 0.15) is 33.1 Å². The van der Waals surface area contributed by atoms with Crippen molar-refractivity contribution in [1.82, 2.24) is 14.9 Å². The van der Waals surface area contributed by atoms with E-state index in [1.54, 1.807) is 6.33 Å². The summed E-state index contributed by atoms with van der Waals surface area (Å²) in [6.45, 7) is 9.50. The van der Waals surface area contributed by atoms with Crippen molar-refractivity contribution in [1.29, 1.82) is 0 Å². The number of rotatable bonds is 7. The molecule has 0 unspecified atom stereocenters. The van der Waals surface area contributed by atoms with Gasteiger partial charge in [-0.05, 0) is 51.7 Å². The van der Waals surface area contributed by atoms with Gasteiger partial charge in [-0.3, -0.25) is 0 Å². The van der Waals surface area contributed by atoms with Crippen molar-refractivity contribution in [3.05, 3.63) is 12.4 Å². The smallest absolute Gasteiger partial charge is 0.218 e. The lowest BCUT2D eigenvalue weighted by molar-refractivity contribution is 0.189. The Bertz CT molecular complexity index is 391. The summed E-state index contributed by atoms with van der Waals surface area (Å²) in [4.78, 5) is 10.8. The Balaban J connectivity index is 1.69. The van der Waals surface area contributed by atoms with Crippen LogP contribution in [0.4, 0.5) is 5.82 Å². The monoisotopic (exact) mass is 278 g/mol. The maximum atomic E-state index is 5.37. The van der Waals surface area contributed by atoms with Crippen LogP contribution in [0.15, 0.2) is 12.4 Å². The quantitative estimate of drug-likeness (QED) is 0.830. The van der Waals surface area contributed by atoms with Crippen LogP contribution >= 0.6 is 0 Å². The van der Waals surface area contributed by atoms with E-state index in [0.717, 1.165) is 18.3 Å². The largest absolute Gasteiger partial charge is 0.478 e. The van der Waals surface area contributed by atoms with Crippen LogP contribution in [0.25, 0.3) is 0 Å². The molecule has 1 saturated heterocycles. The zero-order chi connectivity index (χ0) is 14.2. The van der Waals surface area contributed by atoms with E-state index in [0.29, 0.717) is 12.5 Å². The van der Waals surface area contributed by atoms with Crippen molar-refractivity contribution in [2.24, 2.45) is 5.92 Å². The highest BCUT2D eigenvalue weighted by atomic mass is 16.5. The molecule has 1 aliphatic rings. The van der Waals surface area contributed by atoms with Crippen LogP contribution in [-0.4, -0.2) is 47.7 Å². The fraction of sp³-hybridized carbons (Fsp3) is 0.733. The van der Waals surface area contributed by atoms with Crippen molar-refractivity contribution in [3.63, 3.8) is 0 Å². The fourth-order valence-corrected chi connectivity index (χ4v) is 2.66. The molecule has 0 aromatic carbocycles. The van der Waals surface area contributed by atoms with Crippen LogP contribution in [0.3, 0.4) is 0 Å². The second-order valence-corrected chi connectivity index (χ2v) is 5.27. The number of likely N-dealkylation sites (tertiary alicyclic amines) is 1. The molecule has 2 heterocycles. The second-order valence-electron chi connectivity index (χ2n) is 5.27. The third-order valence-corrected chi connectivity index (χ3v) is 3.95. The first-order valence-electron chi connectivity index (χ1n) is 7.72. The van der Waals surface area contributed by atoms with E-state index in [2.05, 4.69) is 27.1 Å². The van der Waals surface area contributed by atoms with Gasteiger partial charge in [0.05, 0.1) is 6.61 Å². The molecule has 1 fully saturated rings. The predicted molar refractivity (Wildman–Crippen MR) is 81.1 cm³/mol. The summed E-state index contributed by atoms with van der Waals surface area (Å²) < 4.78 is 5.37. The van der Waals surface area contributed by atoms with Gasteiger partial charge in [0.15, 0.2) is 0 Å². The number of aromatic nitrogens is 2. The number of anilines is 1. The molecular weight excluding hydrogens is 252 g/mol. The molecule has 0 saturated carbocycles. The van der Waals surface area contributed by atoms with Gasteiger partial charge in [-0.25, -0.2) is 9.97 Å². The molecule has 2 rings (SSSR count). The van der Waals surface area contributed by atoms with E-state index in [1.165, 1.54) is 38.9 Å². The van der Waals surface area contributed by atoms with Crippen LogP contribution in [-0.2, 0) is 0 Å². The van der Waals surface area contributed by atoms with Crippen molar-refractivity contribution >= 4 is 5.82 Å². The summed E-state index contributed by atoms with van der Waals surface area (Å²) in [7, 11) is 0. The Morgan fingerprint density at radius 3 is 2.80 bits per heavy atom. The summed E-state index contributed by atoms with van der Waals surface area (Å²) >= 11 is 0. The highest BCUT2D eigenvalue weighted by Gasteiger charge is 2.17. The molecule has 0 amide bonds. The van der Waals surface area contributed by atoms with E-state index in [4.69, 9.17) is 4.74 Å². The van der Waals surface area contributed by atoms with Gasteiger partial charge >= 0.3 is 0 Å². The summed E-state index contributed by atoms with van der Waals surface area (Å²) in [6, 6.07) is 1.86. The maximum absolute atomic E-state index is 5.37. The number of hydrogen-bond acceptors (Lipinski definition) is 5. The van der Waals surface area contributed by atoms with Gasteiger partial charge in [0.1, 0.15) is 12.1 Å². The van der Waals surface area contributed by atoms with Gasteiger partial charge < -0.3 is 15.0 Å². The maximum Gasteiger partial charge on any atom is 0.218 e. The first kappa shape index (κ1) is 15.0. The molecule has 1 aromatic heterocycles. The highest BCUT2D eigenvalue weighted by Crippen LogP contribution is 2.20. The Labute approximate surface area is 121 Å². The fourth-order valence-electron chi connectivity index (χ4n) is 2.66. The molecule has 0 atom stereocenters. The molecular formula is C15H26N4O. The number of nitrogens with zero attached hydrogens (tertiary/aromatic N) is 3. The molecule has 20 heavy (non-hydrogen) atoms. The van der Waals surface area contributed by atoms with Gasteiger partial charge in [-0.1, -0.05) is 6.92 Å². The lowest BCUT2D eigenvalue weighted by Gasteiger charge is -2.31. The zero-order valence-corrected chi connectivity index (χ0v) is 12.6. The summed E-state index contributed by atoms with van der Waals surface area (Å²) in [5, 5.41) is 3.37. The predicted octanol–water partition coefficient (Wildman–Crippen LogP) is 2.41. The van der Waals surface area contributed by atoms with Crippen LogP contribution < -0.4 is 10.1 Å². The average Bonchev–Trinajstić information content (AvgIpc) is 2.49. The van der Waals surface area contributed by atoms with Crippen molar-refractivity contribution in [2.75, 3.05) is 38.1 Å². The molecule has 5 heteroatoms. The minimum atomic E-state index is 0.631. The minimum absolute atomic E-state index is 0.631. The van der Waals surface area contributed by atoms with Crippen molar-refractivity contribution < 1.29 is 4.74 Å². The summed E-state index contributed by atoms with van der Waals surface area (Å²) in [6.07, 6.45) is 5.41. The molecule has 112 valence electrons. The standard InChI is InChI=1S/C15H26N4O/c1-3-19-9-6-13(7-10-19)5-8-16-14-11-15(20-4-2)18-12-17-14/h11-13H,3-10H2,1-2H3,(H,16,17,18). The molecule has 1 aromatic rings. The Morgan fingerprint density at radius 2 is 2.10 bits per heavy atom. The van der Waals surface area contributed by atoms with Crippen LogP contribution in [0.5, 0.6) is 5.88 Å². The number of hydrogen-bond donors (Lipinski definition) is 1. The third-order valence-electron chi connectivity index (χ3n) is 3.95. The van der Waals surface area contributed by atoms with Crippen molar-refractivity contribution in [3.8, 4) is 5.88 Å². The molecule has 0 aliphatic carbocycles. The zero-order valence-electron chi connectivity index (χ0n) is 12.6. The van der Waals surface area contributed by atoms with Crippen LogP contribution in [0, 0.1) is 5.92 Å². The first-order chi connectivity index (χ1) is 9.81. The minimum Gasteiger partial charge on any atom is -0.478 e. The van der Waals surface area contributed by atoms with Gasteiger partial charge in [0, 0.05) is 12.6 Å². The Hall–Kier alpha value is -1.36. The first-order valence-corrected chi connectivity index (χ1v) is 7.72. The molecule has 0 spiro atoms. The van der Waals surface area contributed by atoms with Gasteiger partial charge in [0.25, 0.3) is 0 Å². The normalized spacial score (nSPS) is 17.1. The Kier molecular flexibility index (Phi) is 6.05. The van der Waals surface area contributed by atoms with E-state index >= 15 is 0 Å². The van der Waals surface area contributed by atoms with E-state index in [-0.39, 0.29) is 0 Å². The molecule has 1 aliphatic heterocycles. The number of nitrogens with one attached hydrogen (secondary N) is 1. The molecule has 0 bridgehead atoms. The summed E-state index contributed by atoms with van der Waals surface area (Å²) in [5.41, 5.74) is 0. The van der Waals surface area contributed by atoms with Gasteiger partial charge in [-0.2, -0.15) is 0 Å². The Morgan fingerprint density at radius 1 is 1.30 bits per heavy atom. The SMILES string of the molecule is CCOc1cc(NCCC2CCN(CC)CC2)ncn1.